The smallest absolute Gasteiger partial charge is 0.410 e. The first kappa shape index (κ1) is 25.4. The Labute approximate surface area is 212 Å². The summed E-state index contributed by atoms with van der Waals surface area (Å²) in [5, 5.41) is 7.51. The van der Waals surface area contributed by atoms with Crippen LogP contribution in [0.15, 0.2) is 49.3 Å². The fraction of sp³-hybridized carbons (Fsp3) is 0.500. The molecule has 0 bridgehead atoms. The Morgan fingerprint density at radius 1 is 1.14 bits per heavy atom. The van der Waals surface area contributed by atoms with Gasteiger partial charge in [0.1, 0.15) is 36.2 Å². The standard InChI is InChI=1S/C26H36N8O2/c1-26(2,3)36-25(35)33-12-9-21(10-13-33)16-32(4)24-15-23(28-18-29-24)31-22-7-5-20(6-8-22)11-14-34-19-27-17-30-34/h5-8,15,17-19,21H,9-14,16H2,1-4H3,(H,28,29,31). The second-order valence-corrected chi connectivity index (χ2v) is 10.3. The summed E-state index contributed by atoms with van der Waals surface area (Å²) in [6.07, 6.45) is 7.44. The zero-order chi connectivity index (χ0) is 25.5. The summed E-state index contributed by atoms with van der Waals surface area (Å²) in [5.41, 5.74) is 1.74. The van der Waals surface area contributed by atoms with Crippen LogP contribution in [0.25, 0.3) is 0 Å². The van der Waals surface area contributed by atoms with Gasteiger partial charge in [0.15, 0.2) is 0 Å². The van der Waals surface area contributed by atoms with Crippen LogP contribution in [-0.2, 0) is 17.7 Å². The molecule has 0 spiro atoms. The summed E-state index contributed by atoms with van der Waals surface area (Å²) in [6, 6.07) is 10.3. The highest BCUT2D eigenvalue weighted by atomic mass is 16.6. The minimum atomic E-state index is -0.465. The molecule has 1 N–H and O–H groups in total. The summed E-state index contributed by atoms with van der Waals surface area (Å²) in [7, 11) is 2.05. The van der Waals surface area contributed by atoms with Crippen molar-refractivity contribution in [3.8, 4) is 0 Å². The first-order chi connectivity index (χ1) is 17.2. The highest BCUT2D eigenvalue weighted by molar-refractivity contribution is 5.68. The molecule has 192 valence electrons. The molecule has 0 unspecified atom stereocenters. The highest BCUT2D eigenvalue weighted by Crippen LogP contribution is 2.23. The van der Waals surface area contributed by atoms with Crippen LogP contribution in [0, 0.1) is 5.92 Å². The Kier molecular flexibility index (Phi) is 8.02. The molecule has 1 saturated heterocycles. The quantitative estimate of drug-likeness (QED) is 0.501. The number of carbonyl (C=O) groups is 1. The van der Waals surface area contributed by atoms with Crippen molar-refractivity contribution in [2.45, 2.75) is 52.2 Å². The lowest BCUT2D eigenvalue weighted by molar-refractivity contribution is 0.0186. The van der Waals surface area contributed by atoms with Crippen LogP contribution in [0.1, 0.15) is 39.2 Å². The number of hydrogen-bond donors (Lipinski definition) is 1. The normalized spacial score (nSPS) is 14.5. The van der Waals surface area contributed by atoms with Gasteiger partial charge in [0, 0.05) is 45.0 Å². The van der Waals surface area contributed by atoms with Crippen molar-refractivity contribution in [2.75, 3.05) is 36.9 Å². The van der Waals surface area contributed by atoms with E-state index in [9.17, 15) is 4.79 Å². The van der Waals surface area contributed by atoms with E-state index in [1.54, 1.807) is 19.0 Å². The Bertz CT molecular complexity index is 1100. The van der Waals surface area contributed by atoms with Crippen molar-refractivity contribution in [1.82, 2.24) is 29.6 Å². The number of likely N-dealkylation sites (tertiary alicyclic amines) is 1. The second-order valence-electron chi connectivity index (χ2n) is 10.3. The third-order valence-electron chi connectivity index (χ3n) is 6.16. The molecule has 10 heteroatoms. The number of ether oxygens (including phenoxy) is 1. The van der Waals surface area contributed by atoms with Crippen LogP contribution in [0.5, 0.6) is 0 Å². The van der Waals surface area contributed by atoms with Crippen LogP contribution in [-0.4, -0.2) is 68.0 Å². The van der Waals surface area contributed by atoms with Crippen LogP contribution < -0.4 is 10.2 Å². The number of carbonyl (C=O) groups excluding carboxylic acids is 1. The summed E-state index contributed by atoms with van der Waals surface area (Å²) >= 11 is 0. The average Bonchev–Trinajstić information content (AvgIpc) is 3.37. The van der Waals surface area contributed by atoms with E-state index in [0.29, 0.717) is 5.92 Å². The van der Waals surface area contributed by atoms with Gasteiger partial charge >= 0.3 is 6.09 Å². The predicted molar refractivity (Wildman–Crippen MR) is 139 cm³/mol. The number of nitrogens with zero attached hydrogens (tertiary/aromatic N) is 7. The molecule has 10 nitrogen and oxygen atoms in total. The monoisotopic (exact) mass is 492 g/mol. The van der Waals surface area contributed by atoms with Crippen LogP contribution in [0.4, 0.5) is 22.1 Å². The Balaban J connectivity index is 1.26. The van der Waals surface area contributed by atoms with E-state index >= 15 is 0 Å². The van der Waals surface area contributed by atoms with Crippen LogP contribution in [0.2, 0.25) is 0 Å². The fourth-order valence-corrected chi connectivity index (χ4v) is 4.22. The zero-order valence-electron chi connectivity index (χ0n) is 21.6. The second kappa shape index (κ2) is 11.4. The summed E-state index contributed by atoms with van der Waals surface area (Å²) in [4.78, 5) is 29.1. The molecular formula is C26H36N8O2. The van der Waals surface area contributed by atoms with E-state index in [1.807, 2.05) is 36.4 Å². The van der Waals surface area contributed by atoms with E-state index in [0.717, 1.165) is 62.8 Å². The summed E-state index contributed by atoms with van der Waals surface area (Å²) in [5.74, 6) is 2.11. The van der Waals surface area contributed by atoms with Gasteiger partial charge in [-0.3, -0.25) is 4.68 Å². The molecule has 3 aromatic rings. The van der Waals surface area contributed by atoms with Crippen molar-refractivity contribution in [3.63, 3.8) is 0 Å². The molecule has 1 aromatic carbocycles. The first-order valence-electron chi connectivity index (χ1n) is 12.4. The van der Waals surface area contributed by atoms with Crippen molar-refractivity contribution < 1.29 is 9.53 Å². The van der Waals surface area contributed by atoms with Gasteiger partial charge in [-0.1, -0.05) is 12.1 Å². The predicted octanol–water partition coefficient (Wildman–Crippen LogP) is 4.14. The number of aryl methyl sites for hydroxylation is 2. The third kappa shape index (κ3) is 7.40. The van der Waals surface area contributed by atoms with E-state index in [4.69, 9.17) is 4.74 Å². The van der Waals surface area contributed by atoms with Gasteiger partial charge in [0.2, 0.25) is 0 Å². The molecule has 0 aliphatic carbocycles. The van der Waals surface area contributed by atoms with Gasteiger partial charge < -0.3 is 19.9 Å². The van der Waals surface area contributed by atoms with E-state index < -0.39 is 5.60 Å². The zero-order valence-corrected chi connectivity index (χ0v) is 21.6. The lowest BCUT2D eigenvalue weighted by Gasteiger charge is -2.35. The van der Waals surface area contributed by atoms with Crippen molar-refractivity contribution >= 4 is 23.4 Å². The maximum Gasteiger partial charge on any atom is 0.410 e. The number of rotatable bonds is 8. The number of amides is 1. The first-order valence-corrected chi connectivity index (χ1v) is 12.4. The average molecular weight is 493 g/mol. The lowest BCUT2D eigenvalue weighted by Crippen LogP contribution is -2.43. The maximum atomic E-state index is 12.3. The molecule has 1 amide bonds. The van der Waals surface area contributed by atoms with Gasteiger partial charge in [0.25, 0.3) is 0 Å². The molecule has 2 aromatic heterocycles. The largest absolute Gasteiger partial charge is 0.444 e. The Hall–Kier alpha value is -3.69. The molecule has 36 heavy (non-hydrogen) atoms. The maximum absolute atomic E-state index is 12.3. The number of benzene rings is 1. The molecule has 3 heterocycles. The SMILES string of the molecule is CN(CC1CCN(C(=O)OC(C)(C)C)CC1)c1cc(Nc2ccc(CCn3cncn3)cc2)ncn1. The van der Waals surface area contributed by atoms with E-state index in [-0.39, 0.29) is 6.09 Å². The van der Waals surface area contributed by atoms with Crippen LogP contribution in [0.3, 0.4) is 0 Å². The molecule has 1 fully saturated rings. The molecular weight excluding hydrogens is 456 g/mol. The number of nitrogens with one attached hydrogen (secondary N) is 1. The van der Waals surface area contributed by atoms with Crippen LogP contribution >= 0.6 is 0 Å². The lowest BCUT2D eigenvalue weighted by atomic mass is 9.96. The Morgan fingerprint density at radius 2 is 1.89 bits per heavy atom. The topological polar surface area (TPSA) is 101 Å². The third-order valence-corrected chi connectivity index (χ3v) is 6.16. The number of aromatic nitrogens is 5. The minimum Gasteiger partial charge on any atom is -0.444 e. The summed E-state index contributed by atoms with van der Waals surface area (Å²) < 4.78 is 7.33. The number of piperidine rings is 1. The molecule has 1 aliphatic rings. The molecule has 4 rings (SSSR count). The highest BCUT2D eigenvalue weighted by Gasteiger charge is 2.27. The molecule has 0 atom stereocenters. The fourth-order valence-electron chi connectivity index (χ4n) is 4.22. The van der Waals surface area contributed by atoms with Gasteiger partial charge in [-0.15, -0.1) is 0 Å². The van der Waals surface area contributed by atoms with Crippen molar-refractivity contribution in [2.24, 2.45) is 5.92 Å². The molecule has 1 aliphatic heterocycles. The van der Waals surface area contributed by atoms with Gasteiger partial charge in [0.05, 0.1) is 0 Å². The molecule has 0 radical (unpaired) electrons. The van der Waals surface area contributed by atoms with Gasteiger partial charge in [-0.2, -0.15) is 5.10 Å². The van der Waals surface area contributed by atoms with Gasteiger partial charge in [-0.05, 0) is 63.6 Å². The van der Waals surface area contributed by atoms with E-state index in [1.165, 1.54) is 5.56 Å². The van der Waals surface area contributed by atoms with E-state index in [2.05, 4.69) is 61.6 Å². The molecule has 0 saturated carbocycles. The summed E-state index contributed by atoms with van der Waals surface area (Å²) in [6.45, 7) is 8.81. The number of hydrogen-bond acceptors (Lipinski definition) is 8. The van der Waals surface area contributed by atoms with Gasteiger partial charge in [-0.25, -0.2) is 19.7 Å². The Morgan fingerprint density at radius 3 is 2.56 bits per heavy atom. The van der Waals surface area contributed by atoms with Crippen molar-refractivity contribution in [3.05, 3.63) is 54.9 Å². The number of anilines is 3. The minimum absolute atomic E-state index is 0.218. The van der Waals surface area contributed by atoms with Crippen molar-refractivity contribution in [1.29, 1.82) is 0 Å².